The molecule has 0 aromatic carbocycles. The molecule has 3 saturated carbocycles. The molecule has 4 aliphatic rings. The summed E-state index contributed by atoms with van der Waals surface area (Å²) in [7, 11) is 0. The van der Waals surface area contributed by atoms with Crippen molar-refractivity contribution in [2.75, 3.05) is 11.5 Å². The summed E-state index contributed by atoms with van der Waals surface area (Å²) in [5.41, 5.74) is -0.267. The number of thioether (sulfide) groups is 1. The Morgan fingerprint density at radius 2 is 1.83 bits per heavy atom. The lowest BCUT2D eigenvalue weighted by molar-refractivity contribution is -0.159. The second-order valence-corrected chi connectivity index (χ2v) is 11.5. The molecule has 6 unspecified atom stereocenters. The topological polar surface area (TPSA) is 91.7 Å². The van der Waals surface area contributed by atoms with Crippen molar-refractivity contribution in [2.45, 2.75) is 77.2 Å². The van der Waals surface area contributed by atoms with E-state index < -0.39 is 17.0 Å². The summed E-state index contributed by atoms with van der Waals surface area (Å²) in [6, 6.07) is 0. The fourth-order valence-electron chi connectivity index (χ4n) is 7.48. The van der Waals surface area contributed by atoms with Crippen LogP contribution in [0, 0.1) is 28.6 Å². The van der Waals surface area contributed by atoms with E-state index in [1.54, 1.807) is 0 Å². The molecule has 5 nitrogen and oxygen atoms in total. The summed E-state index contributed by atoms with van der Waals surface area (Å²) in [5.74, 6) is 1.25. The van der Waals surface area contributed by atoms with Crippen LogP contribution in [0.15, 0.2) is 11.6 Å². The maximum absolute atomic E-state index is 13.1. The number of allylic oxidation sites excluding steroid dienone is 1. The van der Waals surface area contributed by atoms with E-state index in [1.807, 2.05) is 6.08 Å². The van der Waals surface area contributed by atoms with Crippen molar-refractivity contribution in [3.8, 4) is 0 Å². The van der Waals surface area contributed by atoms with Gasteiger partial charge in [0.2, 0.25) is 0 Å². The molecule has 0 saturated heterocycles. The average Bonchev–Trinajstić information content (AvgIpc) is 2.98. The van der Waals surface area contributed by atoms with Gasteiger partial charge in [-0.2, -0.15) is 11.8 Å². The van der Waals surface area contributed by atoms with Gasteiger partial charge in [-0.15, -0.1) is 0 Å². The second-order valence-electron chi connectivity index (χ2n) is 10.4. The Labute approximate surface area is 183 Å². The van der Waals surface area contributed by atoms with Crippen molar-refractivity contribution in [2.24, 2.45) is 28.6 Å². The number of fused-ring (bicyclic) bond motifs is 5. The van der Waals surface area contributed by atoms with Gasteiger partial charge in [-0.05, 0) is 74.2 Å². The van der Waals surface area contributed by atoms with Crippen molar-refractivity contribution in [3.63, 3.8) is 0 Å². The van der Waals surface area contributed by atoms with Crippen LogP contribution in [0.3, 0.4) is 0 Å². The summed E-state index contributed by atoms with van der Waals surface area (Å²) in [6.07, 6.45) is 8.80. The lowest BCUT2D eigenvalue weighted by Crippen LogP contribution is -2.58. The third kappa shape index (κ3) is 3.29. The molecule has 6 heteroatoms. The van der Waals surface area contributed by atoms with E-state index >= 15 is 0 Å². The predicted molar refractivity (Wildman–Crippen MR) is 116 cm³/mol. The molecule has 0 amide bonds. The fraction of sp³-hybridized carbons (Fsp3) is 0.792. The molecule has 4 aliphatic carbocycles. The molecule has 166 valence electrons. The van der Waals surface area contributed by atoms with E-state index in [4.69, 9.17) is 5.11 Å². The number of hydrogen-bond acceptors (Lipinski definition) is 5. The molecule has 0 heterocycles. The molecule has 30 heavy (non-hydrogen) atoms. The van der Waals surface area contributed by atoms with Crippen LogP contribution in [0.1, 0.15) is 71.6 Å². The Morgan fingerprint density at radius 1 is 1.10 bits per heavy atom. The van der Waals surface area contributed by atoms with E-state index in [9.17, 15) is 19.5 Å². The minimum Gasteiger partial charge on any atom is -0.481 e. The molecule has 0 aromatic heterocycles. The van der Waals surface area contributed by atoms with Gasteiger partial charge in [-0.3, -0.25) is 14.4 Å². The minimum atomic E-state index is -1.29. The van der Waals surface area contributed by atoms with Gasteiger partial charge in [0, 0.05) is 17.6 Å². The summed E-state index contributed by atoms with van der Waals surface area (Å²) in [4.78, 5) is 35.8. The third-order valence-electron chi connectivity index (χ3n) is 9.27. The predicted octanol–water partition coefficient (Wildman–Crippen LogP) is 4.03. The molecule has 6 atom stereocenters. The molecular weight excluding hydrogens is 400 g/mol. The number of carboxylic acids is 1. The Balaban J connectivity index is 1.51. The number of Topliss-reactive ketones (excluding diaryl/α,β-unsaturated/α-hetero) is 1. The first-order chi connectivity index (χ1) is 14.1. The molecule has 4 rings (SSSR count). The molecule has 0 aromatic rings. The highest BCUT2D eigenvalue weighted by Crippen LogP contribution is 2.67. The van der Waals surface area contributed by atoms with Crippen LogP contribution in [0.5, 0.6) is 0 Å². The second kappa shape index (κ2) is 7.77. The standard InChI is InChI=1S/C24H34O5S/c1-22-9-5-16(25)13-15(22)3-4-17-18(22)6-10-23(2)19(17)7-11-24(23,29)20(26)14-30-12-8-21(27)28/h13,17-19,29H,3-12,14H2,1-2H3,(H,27,28). The Morgan fingerprint density at radius 3 is 2.57 bits per heavy atom. The van der Waals surface area contributed by atoms with Crippen molar-refractivity contribution in [1.82, 2.24) is 0 Å². The molecule has 0 aliphatic heterocycles. The number of rotatable bonds is 6. The Kier molecular flexibility index (Phi) is 5.72. The first-order valence-corrected chi connectivity index (χ1v) is 12.6. The lowest BCUT2D eigenvalue weighted by atomic mass is 9.46. The maximum atomic E-state index is 13.1. The van der Waals surface area contributed by atoms with Gasteiger partial charge >= 0.3 is 5.97 Å². The summed E-state index contributed by atoms with van der Waals surface area (Å²) in [5, 5.41) is 20.4. The number of ketones is 2. The van der Waals surface area contributed by atoms with Gasteiger partial charge in [0.05, 0.1) is 12.2 Å². The number of carboxylic acid groups (broad SMARTS) is 1. The number of hydrogen-bond donors (Lipinski definition) is 2. The molecule has 2 N–H and O–H groups in total. The van der Waals surface area contributed by atoms with Crippen LogP contribution in [-0.4, -0.2) is 44.9 Å². The van der Waals surface area contributed by atoms with Crippen molar-refractivity contribution >= 4 is 29.3 Å². The lowest BCUT2D eigenvalue weighted by Gasteiger charge is -2.58. The summed E-state index contributed by atoms with van der Waals surface area (Å²) >= 11 is 1.32. The zero-order chi connectivity index (χ0) is 21.7. The summed E-state index contributed by atoms with van der Waals surface area (Å²) in [6.45, 7) is 4.47. The quantitative estimate of drug-likeness (QED) is 0.614. The van der Waals surface area contributed by atoms with E-state index in [0.717, 1.165) is 38.5 Å². The smallest absolute Gasteiger partial charge is 0.304 e. The first kappa shape index (κ1) is 22.1. The number of carbonyl (C=O) groups excluding carboxylic acids is 2. The van der Waals surface area contributed by atoms with E-state index in [1.165, 1.54) is 17.3 Å². The van der Waals surface area contributed by atoms with Gasteiger partial charge in [-0.1, -0.05) is 19.4 Å². The fourth-order valence-corrected chi connectivity index (χ4v) is 8.36. The Hall–Kier alpha value is -1.14. The van der Waals surface area contributed by atoms with E-state index in [0.29, 0.717) is 36.3 Å². The molecule has 0 bridgehead atoms. The Bertz CT molecular complexity index is 790. The highest BCUT2D eigenvalue weighted by Gasteiger charge is 2.65. The van der Waals surface area contributed by atoms with Crippen molar-refractivity contribution in [1.29, 1.82) is 0 Å². The molecular formula is C24H34O5S. The largest absolute Gasteiger partial charge is 0.481 e. The van der Waals surface area contributed by atoms with Crippen molar-refractivity contribution in [3.05, 3.63) is 11.6 Å². The van der Waals surface area contributed by atoms with Crippen LogP contribution in [-0.2, 0) is 14.4 Å². The highest BCUT2D eigenvalue weighted by molar-refractivity contribution is 7.99. The highest BCUT2D eigenvalue weighted by atomic mass is 32.2. The van der Waals surface area contributed by atoms with Gasteiger partial charge in [-0.25, -0.2) is 0 Å². The normalized spacial score (nSPS) is 42.7. The van der Waals surface area contributed by atoms with Crippen LogP contribution in [0.4, 0.5) is 0 Å². The molecule has 3 fully saturated rings. The maximum Gasteiger partial charge on any atom is 0.304 e. The van der Waals surface area contributed by atoms with Crippen LogP contribution < -0.4 is 0 Å². The number of aliphatic carboxylic acids is 1. The minimum absolute atomic E-state index is 0.0386. The SMILES string of the molecule is CC12CCC(=O)C=C1CCC1C2CCC2(C)C1CCC2(O)C(=O)CSCCC(=O)O. The van der Waals surface area contributed by atoms with Crippen LogP contribution in [0.2, 0.25) is 0 Å². The molecule has 0 radical (unpaired) electrons. The van der Waals surface area contributed by atoms with Gasteiger partial charge in [0.1, 0.15) is 5.60 Å². The van der Waals surface area contributed by atoms with Gasteiger partial charge < -0.3 is 10.2 Å². The summed E-state index contributed by atoms with van der Waals surface area (Å²) < 4.78 is 0. The van der Waals surface area contributed by atoms with E-state index in [-0.39, 0.29) is 29.2 Å². The zero-order valence-corrected chi connectivity index (χ0v) is 18.9. The zero-order valence-electron chi connectivity index (χ0n) is 18.1. The first-order valence-electron chi connectivity index (χ1n) is 11.4. The van der Waals surface area contributed by atoms with E-state index in [2.05, 4.69) is 13.8 Å². The third-order valence-corrected chi connectivity index (χ3v) is 10.2. The van der Waals surface area contributed by atoms with Crippen LogP contribution in [0.25, 0.3) is 0 Å². The number of carbonyl (C=O) groups is 3. The number of aliphatic hydroxyl groups is 1. The van der Waals surface area contributed by atoms with Crippen LogP contribution >= 0.6 is 11.8 Å². The van der Waals surface area contributed by atoms with Gasteiger partial charge in [0.25, 0.3) is 0 Å². The van der Waals surface area contributed by atoms with Gasteiger partial charge in [0.15, 0.2) is 11.6 Å². The monoisotopic (exact) mass is 434 g/mol. The van der Waals surface area contributed by atoms with Crippen molar-refractivity contribution < 1.29 is 24.6 Å². The molecule has 0 spiro atoms. The average molecular weight is 435 g/mol.